The lowest BCUT2D eigenvalue weighted by molar-refractivity contribution is -0.268. The van der Waals surface area contributed by atoms with Crippen molar-refractivity contribution in [3.8, 4) is 0 Å². The summed E-state index contributed by atoms with van der Waals surface area (Å²) in [5.74, 6) is -0.547. The summed E-state index contributed by atoms with van der Waals surface area (Å²) < 4.78 is 5.78. The van der Waals surface area contributed by atoms with Gasteiger partial charge in [0.25, 0.3) is 0 Å². The first kappa shape index (κ1) is 13.3. The molecule has 2 aliphatic rings. The maximum atomic E-state index is 10.7. The smallest absolute Gasteiger partial charge is 0.190 e. The molecule has 2 unspecified atom stereocenters. The molecule has 1 saturated heterocycles. The highest BCUT2D eigenvalue weighted by Crippen LogP contribution is 2.55. The van der Waals surface area contributed by atoms with Gasteiger partial charge in [-0.3, -0.25) is 4.84 Å². The van der Waals surface area contributed by atoms with Crippen LogP contribution in [0.15, 0.2) is 0 Å². The summed E-state index contributed by atoms with van der Waals surface area (Å²) in [4.78, 5) is 5.64. The molecule has 2 atom stereocenters. The van der Waals surface area contributed by atoms with Gasteiger partial charge in [-0.05, 0) is 18.3 Å². The molecule has 0 aromatic carbocycles. The molecular weight excluding hydrogens is 218 g/mol. The van der Waals surface area contributed by atoms with Gasteiger partial charge in [0, 0.05) is 18.3 Å². The Bertz CT molecular complexity index is 280. The molecule has 1 heterocycles. The highest BCUT2D eigenvalue weighted by atomic mass is 16.8. The lowest BCUT2D eigenvalue weighted by Gasteiger charge is -2.54. The van der Waals surface area contributed by atoms with Crippen LogP contribution in [-0.2, 0) is 9.57 Å². The minimum atomic E-state index is -0.547. The summed E-state index contributed by atoms with van der Waals surface area (Å²) in [5.41, 5.74) is 2.53. The fourth-order valence-corrected chi connectivity index (χ4v) is 3.73. The summed E-state index contributed by atoms with van der Waals surface area (Å²) in [7, 11) is 0. The van der Waals surface area contributed by atoms with Gasteiger partial charge in [0.15, 0.2) is 5.79 Å². The number of nitrogens with one attached hydrogen (secondary N) is 1. The standard InChI is InChI=1S/C13H25NO3/c1-5-12(6-2)8-13(16-9-14-17-13)7-11(3,4)10(12)15/h10,14-15H,5-9H2,1-4H3. The summed E-state index contributed by atoms with van der Waals surface area (Å²) in [6.45, 7) is 8.93. The zero-order valence-corrected chi connectivity index (χ0v) is 11.4. The monoisotopic (exact) mass is 243 g/mol. The van der Waals surface area contributed by atoms with Gasteiger partial charge in [0.05, 0.1) is 6.10 Å². The highest BCUT2D eigenvalue weighted by molar-refractivity contribution is 5.03. The maximum Gasteiger partial charge on any atom is 0.190 e. The largest absolute Gasteiger partial charge is 0.392 e. The molecule has 0 amide bonds. The molecule has 100 valence electrons. The Morgan fingerprint density at radius 3 is 2.35 bits per heavy atom. The minimum absolute atomic E-state index is 0.103. The van der Waals surface area contributed by atoms with E-state index in [2.05, 4.69) is 33.2 Å². The van der Waals surface area contributed by atoms with Crippen molar-refractivity contribution in [1.82, 2.24) is 5.48 Å². The Morgan fingerprint density at radius 1 is 1.24 bits per heavy atom. The molecule has 4 heteroatoms. The van der Waals surface area contributed by atoms with Crippen LogP contribution >= 0.6 is 0 Å². The minimum Gasteiger partial charge on any atom is -0.392 e. The van der Waals surface area contributed by atoms with Crippen LogP contribution in [0.2, 0.25) is 0 Å². The van der Waals surface area contributed by atoms with Gasteiger partial charge in [-0.2, -0.15) is 5.48 Å². The van der Waals surface area contributed by atoms with E-state index in [0.29, 0.717) is 6.73 Å². The molecule has 0 aromatic rings. The first-order chi connectivity index (χ1) is 7.90. The van der Waals surface area contributed by atoms with Crippen molar-refractivity contribution in [2.45, 2.75) is 65.3 Å². The zero-order valence-electron chi connectivity index (χ0n) is 11.4. The number of ether oxygens (including phenoxy) is 1. The van der Waals surface area contributed by atoms with Crippen LogP contribution in [0, 0.1) is 10.8 Å². The molecule has 2 N–H and O–H groups in total. The summed E-state index contributed by atoms with van der Waals surface area (Å²) >= 11 is 0. The van der Waals surface area contributed by atoms with Crippen molar-refractivity contribution in [2.24, 2.45) is 10.8 Å². The van der Waals surface area contributed by atoms with Gasteiger partial charge in [-0.15, -0.1) is 0 Å². The topological polar surface area (TPSA) is 50.7 Å². The lowest BCUT2D eigenvalue weighted by Crippen LogP contribution is -2.57. The molecular formula is C13H25NO3. The SMILES string of the molecule is CCC1(CC)CC2(CC(C)(C)C1O)OCNO2. The van der Waals surface area contributed by atoms with Gasteiger partial charge < -0.3 is 9.84 Å². The fraction of sp³-hybridized carbons (Fsp3) is 1.00. The van der Waals surface area contributed by atoms with E-state index in [-0.39, 0.29) is 16.9 Å². The van der Waals surface area contributed by atoms with Crippen molar-refractivity contribution in [1.29, 1.82) is 0 Å². The van der Waals surface area contributed by atoms with Gasteiger partial charge in [0.1, 0.15) is 6.73 Å². The number of hydrogen-bond acceptors (Lipinski definition) is 4. The molecule has 0 aromatic heterocycles. The van der Waals surface area contributed by atoms with E-state index in [9.17, 15) is 5.11 Å². The third-order valence-electron chi connectivity index (χ3n) is 4.73. The van der Waals surface area contributed by atoms with Crippen LogP contribution in [0.1, 0.15) is 53.4 Å². The van der Waals surface area contributed by atoms with Gasteiger partial charge >= 0.3 is 0 Å². The third-order valence-corrected chi connectivity index (χ3v) is 4.73. The normalized spacial score (nSPS) is 39.7. The van der Waals surface area contributed by atoms with Crippen LogP contribution in [0.25, 0.3) is 0 Å². The van der Waals surface area contributed by atoms with Crippen LogP contribution in [0.3, 0.4) is 0 Å². The van der Waals surface area contributed by atoms with E-state index in [0.717, 1.165) is 25.7 Å². The molecule has 0 radical (unpaired) electrons. The van der Waals surface area contributed by atoms with Gasteiger partial charge in [-0.1, -0.05) is 27.7 Å². The predicted molar refractivity (Wildman–Crippen MR) is 64.9 cm³/mol. The molecule has 1 saturated carbocycles. The molecule has 17 heavy (non-hydrogen) atoms. The second kappa shape index (κ2) is 4.19. The Kier molecular flexibility index (Phi) is 3.28. The number of hydrogen-bond donors (Lipinski definition) is 2. The predicted octanol–water partition coefficient (Wildman–Crippen LogP) is 2.18. The molecule has 2 fully saturated rings. The lowest BCUT2D eigenvalue weighted by atomic mass is 9.57. The second-order valence-corrected chi connectivity index (χ2v) is 6.26. The summed E-state index contributed by atoms with van der Waals surface area (Å²) in [5, 5.41) is 10.7. The fourth-order valence-electron chi connectivity index (χ4n) is 3.73. The Labute approximate surface area is 104 Å². The number of rotatable bonds is 2. The first-order valence-corrected chi connectivity index (χ1v) is 6.63. The van der Waals surface area contributed by atoms with Crippen LogP contribution in [-0.4, -0.2) is 23.7 Å². The van der Waals surface area contributed by atoms with Crippen LogP contribution in [0.4, 0.5) is 0 Å². The van der Waals surface area contributed by atoms with Crippen molar-refractivity contribution in [2.75, 3.05) is 6.73 Å². The van der Waals surface area contributed by atoms with E-state index in [4.69, 9.17) is 9.57 Å². The average Bonchev–Trinajstić information content (AvgIpc) is 2.71. The highest BCUT2D eigenvalue weighted by Gasteiger charge is 2.58. The van der Waals surface area contributed by atoms with E-state index in [1.165, 1.54) is 0 Å². The van der Waals surface area contributed by atoms with Crippen molar-refractivity contribution in [3.63, 3.8) is 0 Å². The summed E-state index contributed by atoms with van der Waals surface area (Å²) in [6.07, 6.45) is 3.09. The molecule has 1 aliphatic heterocycles. The van der Waals surface area contributed by atoms with Crippen molar-refractivity contribution in [3.05, 3.63) is 0 Å². The summed E-state index contributed by atoms with van der Waals surface area (Å²) in [6, 6.07) is 0. The van der Waals surface area contributed by atoms with Crippen molar-refractivity contribution < 1.29 is 14.7 Å². The Hall–Kier alpha value is -0.160. The average molecular weight is 243 g/mol. The molecule has 4 nitrogen and oxygen atoms in total. The quantitative estimate of drug-likeness (QED) is 0.780. The maximum absolute atomic E-state index is 10.7. The van der Waals surface area contributed by atoms with E-state index in [1.807, 2.05) is 0 Å². The second-order valence-electron chi connectivity index (χ2n) is 6.26. The van der Waals surface area contributed by atoms with Crippen LogP contribution in [0.5, 0.6) is 0 Å². The van der Waals surface area contributed by atoms with Crippen LogP contribution < -0.4 is 5.48 Å². The van der Waals surface area contributed by atoms with Gasteiger partial charge in [-0.25, -0.2) is 0 Å². The van der Waals surface area contributed by atoms with E-state index >= 15 is 0 Å². The Balaban J connectivity index is 2.33. The number of aliphatic hydroxyl groups excluding tert-OH is 1. The third kappa shape index (κ3) is 2.01. The van der Waals surface area contributed by atoms with Crippen molar-refractivity contribution >= 4 is 0 Å². The van der Waals surface area contributed by atoms with E-state index in [1.54, 1.807) is 0 Å². The molecule has 0 bridgehead atoms. The molecule has 1 spiro atoms. The van der Waals surface area contributed by atoms with E-state index < -0.39 is 5.79 Å². The molecule has 2 rings (SSSR count). The zero-order chi connectivity index (χ0) is 12.7. The number of aliphatic hydroxyl groups is 1. The van der Waals surface area contributed by atoms with Gasteiger partial charge in [0.2, 0.25) is 0 Å². The number of hydroxylamine groups is 1. The first-order valence-electron chi connectivity index (χ1n) is 6.63. The molecule has 1 aliphatic carbocycles. The Morgan fingerprint density at radius 2 is 1.88 bits per heavy atom.